The summed E-state index contributed by atoms with van der Waals surface area (Å²) in [5.41, 5.74) is 0. The minimum Gasteiger partial charge on any atom is -0.547 e. The predicted octanol–water partition coefficient (Wildman–Crippen LogP) is -10.8. The molecule has 0 spiro atoms. The molecule has 31 heavy (non-hydrogen) atoms. The Bertz CT molecular complexity index is 493. The summed E-state index contributed by atoms with van der Waals surface area (Å²) in [6.07, 6.45) is -14.1. The molecular formula is C12H15AlO18. The van der Waals surface area contributed by atoms with Crippen molar-refractivity contribution in [2.24, 2.45) is 0 Å². The largest absolute Gasteiger partial charge is 3.00 e. The average molecular weight is 474 g/mol. The van der Waals surface area contributed by atoms with Gasteiger partial charge >= 0.3 is 35.3 Å². The van der Waals surface area contributed by atoms with Crippen LogP contribution in [0.2, 0.25) is 0 Å². The Morgan fingerprint density at radius 2 is 0.548 bits per heavy atom. The molecule has 0 aromatic heterocycles. The van der Waals surface area contributed by atoms with Gasteiger partial charge in [-0.2, -0.15) is 0 Å². The van der Waals surface area contributed by atoms with Crippen molar-refractivity contribution in [1.29, 1.82) is 0 Å². The molecule has 6 unspecified atom stereocenters. The summed E-state index contributed by atoms with van der Waals surface area (Å²) in [6, 6.07) is 0. The van der Waals surface area contributed by atoms with E-state index in [4.69, 9.17) is 46.0 Å². The summed E-state index contributed by atoms with van der Waals surface area (Å²) < 4.78 is 0. The summed E-state index contributed by atoms with van der Waals surface area (Å²) in [4.78, 5) is 58.2. The minimum absolute atomic E-state index is 0. The van der Waals surface area contributed by atoms with Gasteiger partial charge in [-0.1, -0.05) is 0 Å². The maximum absolute atomic E-state index is 9.74. The molecule has 19 heteroatoms. The smallest absolute Gasteiger partial charge is 0.547 e. The van der Waals surface area contributed by atoms with Crippen molar-refractivity contribution >= 4 is 53.2 Å². The van der Waals surface area contributed by atoms with Crippen LogP contribution in [0.4, 0.5) is 0 Å². The van der Waals surface area contributed by atoms with Crippen molar-refractivity contribution in [3.63, 3.8) is 0 Å². The van der Waals surface area contributed by atoms with Crippen molar-refractivity contribution in [2.75, 3.05) is 0 Å². The molecule has 6 atom stereocenters. The van der Waals surface area contributed by atoms with Gasteiger partial charge in [-0.15, -0.1) is 0 Å². The third-order valence-electron chi connectivity index (χ3n) is 2.38. The third kappa shape index (κ3) is 15.6. The third-order valence-corrected chi connectivity index (χ3v) is 2.38. The van der Waals surface area contributed by atoms with Crippen LogP contribution in [0.15, 0.2) is 0 Å². The van der Waals surface area contributed by atoms with Crippen LogP contribution in [0.25, 0.3) is 0 Å². The number of carboxylic acid groups (broad SMARTS) is 6. The van der Waals surface area contributed by atoms with Crippen molar-refractivity contribution < 1.29 is 90.0 Å². The Balaban J connectivity index is -0.000000174. The number of hydrogen-bond acceptors (Lipinski definition) is 15. The van der Waals surface area contributed by atoms with Crippen LogP contribution in [0.5, 0.6) is 0 Å². The molecule has 0 fully saturated rings. The van der Waals surface area contributed by atoms with Crippen molar-refractivity contribution in [3.05, 3.63) is 0 Å². The molecule has 0 bridgehead atoms. The second-order valence-corrected chi connectivity index (χ2v) is 4.64. The summed E-state index contributed by atoms with van der Waals surface area (Å²) in [6.45, 7) is 0. The first kappa shape index (κ1) is 35.5. The first-order chi connectivity index (χ1) is 13.4. The number of hydrogen-bond donors (Lipinski definition) is 9. The minimum atomic E-state index is -2.38. The zero-order valence-corrected chi connectivity index (χ0v) is 15.9. The number of aliphatic carboxylic acids is 6. The molecule has 0 aliphatic carbocycles. The molecular weight excluding hydrogens is 459 g/mol. The summed E-state index contributed by atoms with van der Waals surface area (Å²) in [5.74, 6) is -11.5. The molecule has 0 aliphatic heterocycles. The fourth-order valence-corrected chi connectivity index (χ4v) is 0.792. The van der Waals surface area contributed by atoms with Crippen LogP contribution in [-0.2, 0) is 28.8 Å². The topological polar surface area (TPSA) is 354 Å². The fourth-order valence-electron chi connectivity index (χ4n) is 0.792. The van der Waals surface area contributed by atoms with E-state index in [9.17, 15) is 44.1 Å². The normalized spacial score (nSPS) is 15.3. The van der Waals surface area contributed by atoms with Gasteiger partial charge in [-0.25, -0.2) is 14.4 Å². The number of aliphatic hydroxyl groups is 6. The molecule has 174 valence electrons. The molecule has 0 radical (unpaired) electrons. The first-order valence-corrected chi connectivity index (χ1v) is 6.79. The van der Waals surface area contributed by atoms with E-state index in [2.05, 4.69) is 0 Å². The number of carboxylic acids is 6. The number of carbonyl (C=O) groups excluding carboxylic acids is 3. The second-order valence-electron chi connectivity index (χ2n) is 4.64. The van der Waals surface area contributed by atoms with Gasteiger partial charge in [0.15, 0.2) is 18.3 Å². The Labute approximate surface area is 180 Å². The molecule has 0 aromatic carbocycles. The molecule has 0 saturated heterocycles. The molecule has 0 aromatic rings. The van der Waals surface area contributed by atoms with Crippen LogP contribution >= 0.6 is 0 Å². The van der Waals surface area contributed by atoms with E-state index < -0.39 is 72.4 Å². The Morgan fingerprint density at radius 3 is 0.581 bits per heavy atom. The van der Waals surface area contributed by atoms with Gasteiger partial charge in [-0.3, -0.25) is 0 Å². The zero-order valence-electron chi connectivity index (χ0n) is 14.7. The number of rotatable bonds is 9. The zero-order chi connectivity index (χ0) is 24.9. The van der Waals surface area contributed by atoms with Crippen molar-refractivity contribution in [1.82, 2.24) is 0 Å². The average Bonchev–Trinajstić information content (AvgIpc) is 2.64. The monoisotopic (exact) mass is 474 g/mol. The first-order valence-electron chi connectivity index (χ1n) is 6.79. The maximum Gasteiger partial charge on any atom is 3.00 e. The van der Waals surface area contributed by atoms with E-state index in [1.54, 1.807) is 0 Å². The molecule has 0 rings (SSSR count). The predicted molar refractivity (Wildman–Crippen MR) is 79.7 cm³/mol. The van der Waals surface area contributed by atoms with Crippen molar-refractivity contribution in [3.8, 4) is 0 Å². The molecule has 0 aliphatic rings. The van der Waals surface area contributed by atoms with Gasteiger partial charge < -0.3 is 75.7 Å². The number of aliphatic hydroxyl groups excluding tert-OH is 6. The van der Waals surface area contributed by atoms with Crippen molar-refractivity contribution in [2.45, 2.75) is 36.6 Å². The fraction of sp³-hybridized carbons (Fsp3) is 0.500. The van der Waals surface area contributed by atoms with Crippen LogP contribution in [0.1, 0.15) is 0 Å². The Kier molecular flexibility index (Phi) is 19.3. The summed E-state index contributed by atoms with van der Waals surface area (Å²) >= 11 is 0. The molecule has 0 saturated carbocycles. The SMILES string of the molecule is O=C([O-])C(O)C(O)C(=O)O.O=C([O-])C(O)C(O)C(=O)O.O=C([O-])C(O)C(O)C(=O)O.[Al+3]. The number of carbonyl (C=O) groups is 6. The Hall–Kier alpha value is -2.89. The Morgan fingerprint density at radius 1 is 0.419 bits per heavy atom. The van der Waals surface area contributed by atoms with Gasteiger partial charge in [0.05, 0.1) is 17.9 Å². The second kappa shape index (κ2) is 16.9. The maximum atomic E-state index is 9.74. The molecule has 18 nitrogen and oxygen atoms in total. The molecule has 0 amide bonds. The van der Waals surface area contributed by atoms with E-state index in [1.807, 2.05) is 0 Å². The summed E-state index contributed by atoms with van der Waals surface area (Å²) in [5, 5.41) is 102. The van der Waals surface area contributed by atoms with E-state index in [0.717, 1.165) is 0 Å². The van der Waals surface area contributed by atoms with E-state index >= 15 is 0 Å². The van der Waals surface area contributed by atoms with Crippen LogP contribution < -0.4 is 15.3 Å². The van der Waals surface area contributed by atoms with Gasteiger partial charge in [0.2, 0.25) is 0 Å². The van der Waals surface area contributed by atoms with E-state index in [1.165, 1.54) is 0 Å². The quantitative estimate of drug-likeness (QED) is 0.140. The van der Waals surface area contributed by atoms with Crippen LogP contribution in [0.3, 0.4) is 0 Å². The summed E-state index contributed by atoms with van der Waals surface area (Å²) in [7, 11) is 0. The van der Waals surface area contributed by atoms with Gasteiger partial charge in [0, 0.05) is 0 Å². The van der Waals surface area contributed by atoms with Gasteiger partial charge in [0.1, 0.15) is 18.3 Å². The van der Waals surface area contributed by atoms with E-state index in [-0.39, 0.29) is 17.4 Å². The molecule has 9 N–H and O–H groups in total. The standard InChI is InChI=1S/3C4H6O6.Al/c3*5-1(3(7)8)2(6)4(9)10;/h3*1-2,5-6H,(H,7,8)(H,9,10);/q;;;+3/p-3. The van der Waals surface area contributed by atoms with Gasteiger partial charge in [0.25, 0.3) is 0 Å². The van der Waals surface area contributed by atoms with Crippen LogP contribution in [-0.4, -0.2) is 136 Å². The van der Waals surface area contributed by atoms with E-state index in [0.29, 0.717) is 0 Å². The van der Waals surface area contributed by atoms with Crippen LogP contribution in [0, 0.1) is 0 Å². The van der Waals surface area contributed by atoms with Gasteiger partial charge in [-0.05, 0) is 0 Å². The molecule has 0 heterocycles.